The van der Waals surface area contributed by atoms with Crippen molar-refractivity contribution < 1.29 is 0 Å². The van der Waals surface area contributed by atoms with Crippen molar-refractivity contribution in [2.45, 2.75) is 33.1 Å². The van der Waals surface area contributed by atoms with Crippen LogP contribution in [-0.2, 0) is 0 Å². The van der Waals surface area contributed by atoms with Gasteiger partial charge < -0.3 is 0 Å². The van der Waals surface area contributed by atoms with Gasteiger partial charge in [-0.1, -0.05) is 43.7 Å². The van der Waals surface area contributed by atoms with E-state index in [9.17, 15) is 0 Å². The zero-order chi connectivity index (χ0) is 13.5. The summed E-state index contributed by atoms with van der Waals surface area (Å²) in [6.07, 6.45) is 3.42. The fraction of sp³-hybridized carbons (Fsp3) is 0.333. The summed E-state index contributed by atoms with van der Waals surface area (Å²) in [5, 5.41) is 7.25. The Kier molecular flexibility index (Phi) is 5.10. The third-order valence-corrected chi connectivity index (χ3v) is 3.56. The van der Waals surface area contributed by atoms with Crippen LogP contribution in [0, 0.1) is 0 Å². The summed E-state index contributed by atoms with van der Waals surface area (Å²) < 4.78 is 0. The predicted octanol–water partition coefficient (Wildman–Crippen LogP) is 4.79. The van der Waals surface area contributed by atoms with Gasteiger partial charge >= 0.3 is 0 Å². The van der Waals surface area contributed by atoms with Crippen LogP contribution in [0.1, 0.15) is 33.1 Å². The van der Waals surface area contributed by atoms with E-state index in [0.29, 0.717) is 0 Å². The molecule has 0 atom stereocenters. The molecule has 1 aromatic carbocycles. The maximum Gasteiger partial charge on any atom is 0.203 e. The fourth-order valence-corrected chi connectivity index (χ4v) is 2.36. The number of hydrazone groups is 1. The maximum atomic E-state index is 4.53. The van der Waals surface area contributed by atoms with E-state index in [1.165, 1.54) is 12.8 Å². The van der Waals surface area contributed by atoms with E-state index in [2.05, 4.69) is 39.9 Å². The Bertz CT molecular complexity index is 531. The van der Waals surface area contributed by atoms with Gasteiger partial charge in [0.05, 0.1) is 5.69 Å². The lowest BCUT2D eigenvalue weighted by Crippen LogP contribution is -1.97. The molecule has 0 spiro atoms. The van der Waals surface area contributed by atoms with Crippen molar-refractivity contribution in [3.05, 3.63) is 35.7 Å². The van der Waals surface area contributed by atoms with Crippen LogP contribution >= 0.6 is 11.3 Å². The number of rotatable bonds is 6. The molecule has 0 aliphatic carbocycles. The predicted molar refractivity (Wildman–Crippen MR) is 83.8 cm³/mol. The monoisotopic (exact) mass is 273 g/mol. The third-order valence-electron chi connectivity index (χ3n) is 2.81. The maximum absolute atomic E-state index is 4.53. The third kappa shape index (κ3) is 4.17. The summed E-state index contributed by atoms with van der Waals surface area (Å²) in [4.78, 5) is 4.53. The first kappa shape index (κ1) is 13.7. The molecule has 2 rings (SSSR count). The van der Waals surface area contributed by atoms with Crippen LogP contribution < -0.4 is 5.43 Å². The van der Waals surface area contributed by atoms with Gasteiger partial charge in [-0.05, 0) is 19.8 Å². The van der Waals surface area contributed by atoms with E-state index in [1.54, 1.807) is 11.3 Å². The van der Waals surface area contributed by atoms with Gasteiger partial charge in [-0.3, -0.25) is 5.43 Å². The lowest BCUT2D eigenvalue weighted by molar-refractivity contribution is 0.832. The first-order valence-corrected chi connectivity index (χ1v) is 7.47. The number of hydrogen-bond acceptors (Lipinski definition) is 4. The second-order valence-electron chi connectivity index (χ2n) is 4.47. The van der Waals surface area contributed by atoms with Crippen LogP contribution in [0.3, 0.4) is 0 Å². The lowest BCUT2D eigenvalue weighted by atomic mass is 10.2. The standard InChI is InChI=1S/C15H19N3S/c1-3-4-8-12(2)17-18-15-16-14(11-19-15)13-9-6-5-7-10-13/h5-7,9-11H,3-4,8H2,1-2H3,(H,16,18)/b17-12-. The first-order valence-electron chi connectivity index (χ1n) is 6.59. The molecular formula is C15H19N3S. The molecule has 1 heterocycles. The van der Waals surface area contributed by atoms with E-state index < -0.39 is 0 Å². The molecule has 0 radical (unpaired) electrons. The molecule has 0 fully saturated rings. The van der Waals surface area contributed by atoms with Crippen molar-refractivity contribution in [2.75, 3.05) is 5.43 Å². The first-order chi connectivity index (χ1) is 9.29. The molecule has 0 bridgehead atoms. The van der Waals surface area contributed by atoms with Gasteiger partial charge in [0.1, 0.15) is 0 Å². The van der Waals surface area contributed by atoms with E-state index in [0.717, 1.165) is 28.5 Å². The van der Waals surface area contributed by atoms with Crippen molar-refractivity contribution in [2.24, 2.45) is 5.10 Å². The second-order valence-corrected chi connectivity index (χ2v) is 5.32. The van der Waals surface area contributed by atoms with E-state index in [1.807, 2.05) is 25.1 Å². The molecule has 4 heteroatoms. The molecule has 0 saturated carbocycles. The molecule has 1 aromatic heterocycles. The minimum atomic E-state index is 0.842. The zero-order valence-electron chi connectivity index (χ0n) is 11.4. The molecule has 3 nitrogen and oxygen atoms in total. The molecule has 100 valence electrons. The molecule has 0 amide bonds. The Labute approximate surface area is 118 Å². The normalized spacial score (nSPS) is 11.6. The average molecular weight is 273 g/mol. The molecule has 1 N–H and O–H groups in total. The van der Waals surface area contributed by atoms with Gasteiger partial charge in [0.2, 0.25) is 5.13 Å². The van der Waals surface area contributed by atoms with Crippen LogP contribution in [0.2, 0.25) is 0 Å². The molecule has 0 aliphatic heterocycles. The summed E-state index contributed by atoms with van der Waals surface area (Å²) in [7, 11) is 0. The van der Waals surface area contributed by atoms with Crippen molar-refractivity contribution in [3.8, 4) is 11.3 Å². The Morgan fingerprint density at radius 1 is 1.32 bits per heavy atom. The van der Waals surface area contributed by atoms with Crippen molar-refractivity contribution in [1.29, 1.82) is 0 Å². The highest BCUT2D eigenvalue weighted by atomic mass is 32.1. The minimum Gasteiger partial charge on any atom is -0.253 e. The summed E-state index contributed by atoms with van der Waals surface area (Å²) in [6, 6.07) is 10.2. The number of aromatic nitrogens is 1. The molecule has 2 aromatic rings. The molecule has 19 heavy (non-hydrogen) atoms. The Hall–Kier alpha value is -1.68. The highest BCUT2D eigenvalue weighted by Crippen LogP contribution is 2.24. The zero-order valence-corrected chi connectivity index (χ0v) is 12.2. The molecule has 0 aliphatic rings. The van der Waals surface area contributed by atoms with Crippen LogP contribution in [0.25, 0.3) is 11.3 Å². The molecule has 0 unspecified atom stereocenters. The second kappa shape index (κ2) is 7.04. The van der Waals surface area contributed by atoms with Gasteiger partial charge in [-0.15, -0.1) is 11.3 Å². The Morgan fingerprint density at radius 2 is 2.11 bits per heavy atom. The number of benzene rings is 1. The SMILES string of the molecule is CCCC/C(C)=N\Nc1nc(-c2ccccc2)cs1. The summed E-state index contributed by atoms with van der Waals surface area (Å²) >= 11 is 1.58. The van der Waals surface area contributed by atoms with Crippen molar-refractivity contribution >= 4 is 22.2 Å². The average Bonchev–Trinajstić information content (AvgIpc) is 2.93. The number of anilines is 1. The van der Waals surface area contributed by atoms with Crippen molar-refractivity contribution in [1.82, 2.24) is 4.98 Å². The highest BCUT2D eigenvalue weighted by molar-refractivity contribution is 7.14. The van der Waals surface area contributed by atoms with Crippen LogP contribution in [0.15, 0.2) is 40.8 Å². The van der Waals surface area contributed by atoms with Gasteiger partial charge in [-0.2, -0.15) is 5.10 Å². The number of nitrogens with zero attached hydrogens (tertiary/aromatic N) is 2. The van der Waals surface area contributed by atoms with Gasteiger partial charge in [0, 0.05) is 16.7 Å². The Morgan fingerprint density at radius 3 is 2.84 bits per heavy atom. The van der Waals surface area contributed by atoms with E-state index >= 15 is 0 Å². The smallest absolute Gasteiger partial charge is 0.203 e. The number of thiazole rings is 1. The summed E-state index contributed by atoms with van der Waals surface area (Å²) in [5.74, 6) is 0. The Balaban J connectivity index is 1.98. The summed E-state index contributed by atoms with van der Waals surface area (Å²) in [6.45, 7) is 4.24. The number of unbranched alkanes of at least 4 members (excludes halogenated alkanes) is 1. The molecular weight excluding hydrogens is 254 g/mol. The van der Waals surface area contributed by atoms with E-state index in [-0.39, 0.29) is 0 Å². The number of nitrogens with one attached hydrogen (secondary N) is 1. The van der Waals surface area contributed by atoms with Crippen LogP contribution in [0.5, 0.6) is 0 Å². The lowest BCUT2D eigenvalue weighted by Gasteiger charge is -1.99. The quantitative estimate of drug-likeness (QED) is 0.607. The van der Waals surface area contributed by atoms with Gasteiger partial charge in [0.25, 0.3) is 0 Å². The highest BCUT2D eigenvalue weighted by Gasteiger charge is 2.03. The fourth-order valence-electron chi connectivity index (χ4n) is 1.70. The topological polar surface area (TPSA) is 37.3 Å². The summed E-state index contributed by atoms with van der Waals surface area (Å²) in [5.41, 5.74) is 6.29. The molecule has 0 saturated heterocycles. The van der Waals surface area contributed by atoms with Crippen molar-refractivity contribution in [3.63, 3.8) is 0 Å². The van der Waals surface area contributed by atoms with Gasteiger partial charge in [0.15, 0.2) is 0 Å². The van der Waals surface area contributed by atoms with Gasteiger partial charge in [-0.25, -0.2) is 4.98 Å². The van der Waals surface area contributed by atoms with E-state index in [4.69, 9.17) is 0 Å². The number of hydrogen-bond donors (Lipinski definition) is 1. The largest absolute Gasteiger partial charge is 0.253 e. The van der Waals surface area contributed by atoms with Crippen LogP contribution in [0.4, 0.5) is 5.13 Å². The van der Waals surface area contributed by atoms with Crippen LogP contribution in [-0.4, -0.2) is 10.7 Å². The minimum absolute atomic E-state index is 0.842.